The van der Waals surface area contributed by atoms with E-state index in [1.54, 1.807) is 0 Å². The maximum atomic E-state index is 11.9. The summed E-state index contributed by atoms with van der Waals surface area (Å²) < 4.78 is 17.0. The van der Waals surface area contributed by atoms with E-state index in [-0.39, 0.29) is 12.7 Å². The Morgan fingerprint density at radius 1 is 1.67 bits per heavy atom. The van der Waals surface area contributed by atoms with E-state index in [1.165, 1.54) is 0 Å². The topological polar surface area (TPSA) is 21.3 Å². The molecule has 1 N–H and O–H groups in total. The molecule has 0 aliphatic carbocycles. The molecule has 54 valence electrons. The minimum Gasteiger partial charge on any atom is -0.380 e. The van der Waals surface area contributed by atoms with E-state index >= 15 is 0 Å². The van der Waals surface area contributed by atoms with Crippen molar-refractivity contribution in [3.05, 3.63) is 0 Å². The summed E-state index contributed by atoms with van der Waals surface area (Å²) in [6, 6.07) is -0.0625. The molecular weight excluding hydrogens is 121 g/mol. The zero-order valence-electron chi connectivity index (χ0n) is 5.40. The highest BCUT2D eigenvalue weighted by atomic mass is 19.1. The summed E-state index contributed by atoms with van der Waals surface area (Å²) in [5, 5.41) is 3.03. The molecule has 0 aromatic carbocycles. The van der Waals surface area contributed by atoms with E-state index in [1.807, 2.05) is 0 Å². The van der Waals surface area contributed by atoms with Crippen LogP contribution in [-0.2, 0) is 4.74 Å². The van der Waals surface area contributed by atoms with Crippen molar-refractivity contribution >= 4 is 0 Å². The first-order valence-electron chi connectivity index (χ1n) is 3.30. The van der Waals surface area contributed by atoms with Crippen LogP contribution in [0.3, 0.4) is 0 Å². The zero-order valence-corrected chi connectivity index (χ0v) is 5.40. The Morgan fingerprint density at radius 2 is 2.56 bits per heavy atom. The van der Waals surface area contributed by atoms with Gasteiger partial charge in [0.05, 0.1) is 12.6 Å². The molecule has 1 aliphatic heterocycles. The maximum absolute atomic E-state index is 11.9. The molecule has 0 bridgehead atoms. The fourth-order valence-corrected chi connectivity index (χ4v) is 0.864. The molecule has 1 aliphatic rings. The zero-order chi connectivity index (χ0) is 6.53. The predicted molar refractivity (Wildman–Crippen MR) is 33.2 cm³/mol. The summed E-state index contributed by atoms with van der Waals surface area (Å²) in [6.07, 6.45) is 0.997. The lowest BCUT2D eigenvalue weighted by Gasteiger charge is -2.08. The summed E-state index contributed by atoms with van der Waals surface area (Å²) in [5.41, 5.74) is 0. The number of hydrogen-bond donors (Lipinski definition) is 1. The average Bonchev–Trinajstić information content (AvgIpc) is 2.13. The smallest absolute Gasteiger partial charge is 0.107 e. The van der Waals surface area contributed by atoms with Gasteiger partial charge in [-0.2, -0.15) is 0 Å². The van der Waals surface area contributed by atoms with E-state index in [0.717, 1.165) is 19.6 Å². The number of ether oxygens (including phenoxy) is 1. The van der Waals surface area contributed by atoms with Crippen LogP contribution in [0.25, 0.3) is 0 Å². The molecule has 1 rings (SSSR count). The van der Waals surface area contributed by atoms with Crippen molar-refractivity contribution in [2.24, 2.45) is 0 Å². The largest absolute Gasteiger partial charge is 0.380 e. The second-order valence-electron chi connectivity index (χ2n) is 2.23. The average molecular weight is 133 g/mol. The molecule has 1 fully saturated rings. The van der Waals surface area contributed by atoms with Gasteiger partial charge in [0.25, 0.3) is 0 Å². The number of halogens is 1. The van der Waals surface area contributed by atoms with Crippen LogP contribution < -0.4 is 5.32 Å². The number of rotatable bonds is 1. The lowest BCUT2D eigenvalue weighted by molar-refractivity contribution is 0.124. The molecule has 2 nitrogen and oxygen atoms in total. The molecule has 1 unspecified atom stereocenters. The molecule has 0 radical (unpaired) electrons. The van der Waals surface area contributed by atoms with Gasteiger partial charge in [0, 0.05) is 6.61 Å². The molecule has 0 amide bonds. The van der Waals surface area contributed by atoms with E-state index < -0.39 is 0 Å². The van der Waals surface area contributed by atoms with E-state index in [2.05, 4.69) is 5.32 Å². The Bertz CT molecular complexity index is 71.5. The summed E-state index contributed by atoms with van der Waals surface area (Å²) in [6.45, 7) is 1.86. The number of alkyl halides is 1. The highest BCUT2D eigenvalue weighted by molar-refractivity contribution is 4.66. The monoisotopic (exact) mass is 133 g/mol. The third-order valence-electron chi connectivity index (χ3n) is 1.40. The third kappa shape index (κ3) is 2.28. The molecule has 1 atom stereocenters. The normalized spacial score (nSPS) is 29.7. The molecule has 0 aromatic heterocycles. The third-order valence-corrected chi connectivity index (χ3v) is 1.40. The van der Waals surface area contributed by atoms with E-state index in [0.29, 0.717) is 6.61 Å². The van der Waals surface area contributed by atoms with Gasteiger partial charge in [-0.1, -0.05) is 0 Å². The summed E-state index contributed by atoms with van der Waals surface area (Å²) in [5.74, 6) is 0. The number of nitrogens with one attached hydrogen (secondary N) is 1. The highest BCUT2D eigenvalue weighted by Crippen LogP contribution is 1.94. The van der Waals surface area contributed by atoms with Gasteiger partial charge < -0.3 is 10.1 Å². The minimum absolute atomic E-state index is 0.0625. The lowest BCUT2D eigenvalue weighted by Crippen LogP contribution is -2.33. The molecule has 0 saturated carbocycles. The second kappa shape index (κ2) is 3.80. The van der Waals surface area contributed by atoms with Gasteiger partial charge in [0.2, 0.25) is 0 Å². The van der Waals surface area contributed by atoms with Crippen molar-refractivity contribution < 1.29 is 9.13 Å². The first-order chi connectivity index (χ1) is 4.43. The Morgan fingerprint density at radius 3 is 3.33 bits per heavy atom. The van der Waals surface area contributed by atoms with Gasteiger partial charge in [-0.05, 0) is 13.0 Å². The second-order valence-corrected chi connectivity index (χ2v) is 2.23. The first-order valence-corrected chi connectivity index (χ1v) is 3.30. The van der Waals surface area contributed by atoms with Crippen molar-refractivity contribution in [2.45, 2.75) is 12.5 Å². The molecule has 1 heterocycles. The summed E-state index contributed by atoms with van der Waals surface area (Å²) in [7, 11) is 0. The standard InChI is InChI=1S/C6H12FNO/c7-4-6-5-9-3-1-2-8-6/h6,8H,1-5H2. The Labute approximate surface area is 54.4 Å². The van der Waals surface area contributed by atoms with Gasteiger partial charge in [-0.3, -0.25) is 0 Å². The van der Waals surface area contributed by atoms with Gasteiger partial charge >= 0.3 is 0 Å². The molecule has 0 aromatic rings. The summed E-state index contributed by atoms with van der Waals surface area (Å²) >= 11 is 0. The van der Waals surface area contributed by atoms with Crippen LogP contribution in [0, 0.1) is 0 Å². The van der Waals surface area contributed by atoms with Crippen molar-refractivity contribution in [1.82, 2.24) is 5.32 Å². The minimum atomic E-state index is -0.319. The molecule has 3 heteroatoms. The van der Waals surface area contributed by atoms with Gasteiger partial charge in [0.1, 0.15) is 6.67 Å². The Hall–Kier alpha value is -0.150. The van der Waals surface area contributed by atoms with E-state index in [4.69, 9.17) is 4.74 Å². The lowest BCUT2D eigenvalue weighted by atomic mass is 10.3. The summed E-state index contributed by atoms with van der Waals surface area (Å²) in [4.78, 5) is 0. The van der Waals surface area contributed by atoms with Crippen LogP contribution in [0.1, 0.15) is 6.42 Å². The van der Waals surface area contributed by atoms with E-state index in [9.17, 15) is 4.39 Å². The van der Waals surface area contributed by atoms with Gasteiger partial charge in [-0.25, -0.2) is 4.39 Å². The number of hydrogen-bond acceptors (Lipinski definition) is 2. The fourth-order valence-electron chi connectivity index (χ4n) is 0.864. The Kier molecular flexibility index (Phi) is 2.94. The van der Waals surface area contributed by atoms with Crippen molar-refractivity contribution in [2.75, 3.05) is 26.4 Å². The van der Waals surface area contributed by atoms with Crippen LogP contribution in [0.5, 0.6) is 0 Å². The predicted octanol–water partition coefficient (Wildman–Crippen LogP) is 0.334. The van der Waals surface area contributed by atoms with Crippen LogP contribution in [0.4, 0.5) is 4.39 Å². The first kappa shape index (κ1) is 6.96. The quantitative estimate of drug-likeness (QED) is 0.556. The van der Waals surface area contributed by atoms with Crippen molar-refractivity contribution in [3.63, 3.8) is 0 Å². The molecular formula is C6H12FNO. The van der Waals surface area contributed by atoms with Crippen LogP contribution >= 0.6 is 0 Å². The molecule has 9 heavy (non-hydrogen) atoms. The highest BCUT2D eigenvalue weighted by Gasteiger charge is 2.09. The van der Waals surface area contributed by atoms with Crippen molar-refractivity contribution in [1.29, 1.82) is 0 Å². The van der Waals surface area contributed by atoms with Crippen molar-refractivity contribution in [3.8, 4) is 0 Å². The van der Waals surface area contributed by atoms with Gasteiger partial charge in [0.15, 0.2) is 0 Å². The van der Waals surface area contributed by atoms with Gasteiger partial charge in [-0.15, -0.1) is 0 Å². The SMILES string of the molecule is FCC1COCCCN1. The van der Waals surface area contributed by atoms with Crippen LogP contribution in [0.15, 0.2) is 0 Å². The van der Waals surface area contributed by atoms with Crippen LogP contribution in [-0.4, -0.2) is 32.5 Å². The fraction of sp³-hybridized carbons (Fsp3) is 1.00. The van der Waals surface area contributed by atoms with Crippen LogP contribution in [0.2, 0.25) is 0 Å². The molecule has 0 spiro atoms. The maximum Gasteiger partial charge on any atom is 0.107 e. The molecule has 1 saturated heterocycles. The Balaban J connectivity index is 2.18.